The molecule has 1 aliphatic heterocycles. The van der Waals surface area contributed by atoms with E-state index in [1.807, 2.05) is 6.26 Å². The highest BCUT2D eigenvalue weighted by molar-refractivity contribution is 7.98. The second-order valence-electron chi connectivity index (χ2n) is 4.91. The van der Waals surface area contributed by atoms with E-state index in [4.69, 9.17) is 10.5 Å². The molecule has 1 heterocycles. The smallest absolute Gasteiger partial charge is 0.240 e. The molecule has 7 heteroatoms. The van der Waals surface area contributed by atoms with Crippen LogP contribution in [0.4, 0.5) is 4.39 Å². The third kappa shape index (κ3) is 4.57. The number of nitrogens with one attached hydrogen (secondary N) is 1. The van der Waals surface area contributed by atoms with Crippen LogP contribution >= 0.6 is 24.2 Å². The SMILES string of the molecule is CSc1ccc(F)cc1CNC(=O)C1(N)CCOCC1.Cl. The molecule has 118 valence electrons. The third-order valence-corrected chi connectivity index (χ3v) is 4.36. The zero-order chi connectivity index (χ0) is 14.6. The number of rotatable bonds is 4. The first kappa shape index (κ1) is 18.2. The molecule has 0 aliphatic carbocycles. The summed E-state index contributed by atoms with van der Waals surface area (Å²) in [7, 11) is 0. The Morgan fingerprint density at radius 2 is 2.14 bits per heavy atom. The van der Waals surface area contributed by atoms with Gasteiger partial charge < -0.3 is 15.8 Å². The number of ether oxygens (including phenoxy) is 1. The number of hydrogen-bond donors (Lipinski definition) is 2. The summed E-state index contributed by atoms with van der Waals surface area (Å²) in [6, 6.07) is 4.58. The lowest BCUT2D eigenvalue weighted by Crippen LogP contribution is -2.56. The summed E-state index contributed by atoms with van der Waals surface area (Å²) in [5.41, 5.74) is 5.99. The minimum atomic E-state index is -0.870. The summed E-state index contributed by atoms with van der Waals surface area (Å²) in [4.78, 5) is 13.1. The zero-order valence-corrected chi connectivity index (χ0v) is 13.5. The summed E-state index contributed by atoms with van der Waals surface area (Å²) in [5.74, 6) is -0.502. The Bertz CT molecular complexity index is 496. The maximum atomic E-state index is 13.3. The lowest BCUT2D eigenvalue weighted by Gasteiger charge is -2.31. The second kappa shape index (κ2) is 7.98. The van der Waals surface area contributed by atoms with Crippen LogP contribution in [0.2, 0.25) is 0 Å². The highest BCUT2D eigenvalue weighted by Gasteiger charge is 2.35. The van der Waals surface area contributed by atoms with E-state index in [9.17, 15) is 9.18 Å². The summed E-state index contributed by atoms with van der Waals surface area (Å²) >= 11 is 1.52. The monoisotopic (exact) mass is 334 g/mol. The molecule has 1 aromatic rings. The van der Waals surface area contributed by atoms with Crippen molar-refractivity contribution < 1.29 is 13.9 Å². The first-order chi connectivity index (χ1) is 9.55. The number of nitrogens with two attached hydrogens (primary N) is 1. The van der Waals surface area contributed by atoms with Crippen LogP contribution in [0.5, 0.6) is 0 Å². The fourth-order valence-electron chi connectivity index (χ4n) is 2.20. The Balaban J connectivity index is 0.00000220. The Morgan fingerprint density at radius 1 is 1.48 bits per heavy atom. The van der Waals surface area contributed by atoms with Gasteiger partial charge in [-0.2, -0.15) is 0 Å². The van der Waals surface area contributed by atoms with Crippen molar-refractivity contribution in [3.8, 4) is 0 Å². The van der Waals surface area contributed by atoms with Crippen LogP contribution in [0.15, 0.2) is 23.1 Å². The van der Waals surface area contributed by atoms with Crippen molar-refractivity contribution >= 4 is 30.1 Å². The van der Waals surface area contributed by atoms with E-state index in [1.54, 1.807) is 6.07 Å². The lowest BCUT2D eigenvalue weighted by atomic mass is 9.90. The van der Waals surface area contributed by atoms with E-state index in [-0.39, 0.29) is 30.7 Å². The molecule has 0 saturated carbocycles. The molecule has 0 bridgehead atoms. The van der Waals surface area contributed by atoms with Crippen molar-refractivity contribution in [3.05, 3.63) is 29.6 Å². The highest BCUT2D eigenvalue weighted by atomic mass is 35.5. The summed E-state index contributed by atoms with van der Waals surface area (Å²) in [6.45, 7) is 1.28. The van der Waals surface area contributed by atoms with Gasteiger partial charge in [0.25, 0.3) is 0 Å². The summed E-state index contributed by atoms with van der Waals surface area (Å²) in [6.07, 6.45) is 2.94. The number of halogens is 2. The zero-order valence-electron chi connectivity index (χ0n) is 11.9. The quantitative estimate of drug-likeness (QED) is 0.828. The normalized spacial score (nSPS) is 16.9. The topological polar surface area (TPSA) is 64.4 Å². The van der Waals surface area contributed by atoms with E-state index in [1.165, 1.54) is 23.9 Å². The molecule has 1 amide bonds. The van der Waals surface area contributed by atoms with Gasteiger partial charge in [0.15, 0.2) is 0 Å². The van der Waals surface area contributed by atoms with Gasteiger partial charge in [0.1, 0.15) is 5.82 Å². The number of thioether (sulfide) groups is 1. The van der Waals surface area contributed by atoms with Crippen molar-refractivity contribution in [3.63, 3.8) is 0 Å². The maximum Gasteiger partial charge on any atom is 0.240 e. The van der Waals surface area contributed by atoms with Crippen LogP contribution < -0.4 is 11.1 Å². The second-order valence-corrected chi connectivity index (χ2v) is 5.76. The van der Waals surface area contributed by atoms with E-state index in [0.717, 1.165) is 10.5 Å². The fraction of sp³-hybridized carbons (Fsp3) is 0.500. The average molecular weight is 335 g/mol. The summed E-state index contributed by atoms with van der Waals surface area (Å²) < 4.78 is 18.5. The van der Waals surface area contributed by atoms with Gasteiger partial charge in [0.05, 0.1) is 5.54 Å². The predicted molar refractivity (Wildman–Crippen MR) is 84.2 cm³/mol. The van der Waals surface area contributed by atoms with Gasteiger partial charge in [0, 0.05) is 24.7 Å². The number of carbonyl (C=O) groups excluding carboxylic acids is 1. The van der Waals surface area contributed by atoms with Crippen LogP contribution in [0.1, 0.15) is 18.4 Å². The minimum absolute atomic E-state index is 0. The van der Waals surface area contributed by atoms with Crippen molar-refractivity contribution in [2.75, 3.05) is 19.5 Å². The van der Waals surface area contributed by atoms with Crippen LogP contribution in [0, 0.1) is 5.82 Å². The van der Waals surface area contributed by atoms with Crippen molar-refractivity contribution in [1.29, 1.82) is 0 Å². The fourth-order valence-corrected chi connectivity index (χ4v) is 2.80. The number of amides is 1. The predicted octanol–water partition coefficient (Wildman–Crippen LogP) is 2.09. The molecular weight excluding hydrogens is 315 g/mol. The molecule has 1 fully saturated rings. The minimum Gasteiger partial charge on any atom is -0.381 e. The van der Waals surface area contributed by atoms with Crippen molar-refractivity contribution in [1.82, 2.24) is 5.32 Å². The van der Waals surface area contributed by atoms with Gasteiger partial charge in [-0.3, -0.25) is 4.79 Å². The maximum absolute atomic E-state index is 13.3. The Labute approximate surface area is 134 Å². The van der Waals surface area contributed by atoms with E-state index >= 15 is 0 Å². The van der Waals surface area contributed by atoms with Gasteiger partial charge in [0.2, 0.25) is 5.91 Å². The van der Waals surface area contributed by atoms with Crippen molar-refractivity contribution in [2.45, 2.75) is 29.8 Å². The molecule has 2 rings (SSSR count). The average Bonchev–Trinajstić information content (AvgIpc) is 2.45. The van der Waals surface area contributed by atoms with E-state index < -0.39 is 5.54 Å². The van der Waals surface area contributed by atoms with Crippen LogP contribution in [0.3, 0.4) is 0 Å². The number of carbonyl (C=O) groups is 1. The molecule has 0 radical (unpaired) electrons. The van der Waals surface area contributed by atoms with Gasteiger partial charge in [-0.1, -0.05) is 0 Å². The molecule has 0 unspecified atom stereocenters. The van der Waals surface area contributed by atoms with Gasteiger partial charge in [-0.15, -0.1) is 24.2 Å². The van der Waals surface area contributed by atoms with Gasteiger partial charge >= 0.3 is 0 Å². The number of benzene rings is 1. The largest absolute Gasteiger partial charge is 0.381 e. The molecule has 3 N–H and O–H groups in total. The molecule has 1 aromatic carbocycles. The van der Waals surface area contributed by atoms with Crippen LogP contribution in [-0.2, 0) is 16.1 Å². The lowest BCUT2D eigenvalue weighted by molar-refractivity contribution is -0.129. The molecular formula is C14H20ClFN2O2S. The molecule has 21 heavy (non-hydrogen) atoms. The van der Waals surface area contributed by atoms with Crippen LogP contribution in [-0.4, -0.2) is 30.9 Å². The first-order valence-electron chi connectivity index (χ1n) is 6.52. The summed E-state index contributed by atoms with van der Waals surface area (Å²) in [5, 5.41) is 2.81. The Kier molecular flexibility index (Phi) is 6.93. The van der Waals surface area contributed by atoms with Gasteiger partial charge in [-0.25, -0.2) is 4.39 Å². The molecule has 4 nitrogen and oxygen atoms in total. The molecule has 0 spiro atoms. The molecule has 1 saturated heterocycles. The van der Waals surface area contributed by atoms with E-state index in [2.05, 4.69) is 5.32 Å². The van der Waals surface area contributed by atoms with Crippen molar-refractivity contribution in [2.24, 2.45) is 5.73 Å². The third-order valence-electron chi connectivity index (χ3n) is 3.52. The number of hydrogen-bond acceptors (Lipinski definition) is 4. The Hall–Kier alpha value is -0.820. The molecule has 1 aliphatic rings. The van der Waals surface area contributed by atoms with Crippen LogP contribution in [0.25, 0.3) is 0 Å². The molecule has 0 atom stereocenters. The Morgan fingerprint density at radius 3 is 2.76 bits per heavy atom. The first-order valence-corrected chi connectivity index (χ1v) is 7.75. The van der Waals surface area contributed by atoms with E-state index in [0.29, 0.717) is 26.1 Å². The standard InChI is InChI=1S/C14H19FN2O2S.ClH/c1-20-12-3-2-11(15)8-10(12)9-17-13(18)14(16)4-6-19-7-5-14;/h2-3,8H,4-7,9,16H2,1H3,(H,17,18);1H. The molecule has 0 aromatic heterocycles. The van der Waals surface area contributed by atoms with Gasteiger partial charge in [-0.05, 0) is 42.9 Å². The highest BCUT2D eigenvalue weighted by Crippen LogP contribution is 2.22.